The number of carbonyl (C=O) groups excluding carboxylic acids is 1. The molecule has 0 aliphatic rings. The van der Waals surface area contributed by atoms with Crippen molar-refractivity contribution >= 4 is 12.2 Å². The van der Waals surface area contributed by atoms with E-state index in [4.69, 9.17) is 15.2 Å². The van der Waals surface area contributed by atoms with E-state index in [1.807, 2.05) is 0 Å². The van der Waals surface area contributed by atoms with Crippen LogP contribution in [0.2, 0.25) is 0 Å². The third kappa shape index (κ3) is 4.17. The average molecular weight is 249 g/mol. The first-order valence-corrected chi connectivity index (χ1v) is 5.17. The predicted molar refractivity (Wildman–Crippen MR) is 69.0 cm³/mol. The number of methoxy groups -OCH3 is 1. The third-order valence-electron chi connectivity index (χ3n) is 1.93. The van der Waals surface area contributed by atoms with Crippen LogP contribution in [0, 0.1) is 0 Å². The highest BCUT2D eigenvalue weighted by molar-refractivity contribution is 5.82. The van der Waals surface area contributed by atoms with E-state index in [1.165, 1.54) is 6.21 Å². The molecule has 0 bridgehead atoms. The van der Waals surface area contributed by atoms with Crippen molar-refractivity contribution in [1.82, 2.24) is 5.43 Å². The molecule has 0 aromatic heterocycles. The van der Waals surface area contributed by atoms with Crippen LogP contribution in [0.15, 0.2) is 36.0 Å². The minimum absolute atomic E-state index is 0.396. The summed E-state index contributed by atoms with van der Waals surface area (Å²) in [5.74, 6) is 1.18. The number of nitrogens with zero attached hydrogens (tertiary/aromatic N) is 1. The Kier molecular flexibility index (Phi) is 5.24. The molecule has 6 nitrogen and oxygen atoms in total. The van der Waals surface area contributed by atoms with Gasteiger partial charge in [0, 0.05) is 0 Å². The van der Waals surface area contributed by atoms with E-state index in [0.717, 1.165) is 5.56 Å². The van der Waals surface area contributed by atoms with Crippen LogP contribution in [0.1, 0.15) is 5.56 Å². The van der Waals surface area contributed by atoms with Crippen molar-refractivity contribution in [3.8, 4) is 11.5 Å². The number of nitrogens with one attached hydrogen (secondary N) is 1. The normalized spacial score (nSPS) is 10.1. The minimum Gasteiger partial charge on any atom is -0.493 e. The summed E-state index contributed by atoms with van der Waals surface area (Å²) in [5.41, 5.74) is 7.72. The zero-order chi connectivity index (χ0) is 13.4. The molecule has 0 fully saturated rings. The summed E-state index contributed by atoms with van der Waals surface area (Å²) in [6.07, 6.45) is 3.09. The number of ether oxygens (including phenoxy) is 2. The van der Waals surface area contributed by atoms with Gasteiger partial charge < -0.3 is 15.2 Å². The van der Waals surface area contributed by atoms with Crippen LogP contribution in [0.4, 0.5) is 4.79 Å². The standard InChI is InChI=1S/C12H15N3O3/c1-3-6-18-10-5-4-9(7-11(10)17-2)8-14-15-12(13)16/h3-5,7-8H,1,6H2,2H3,(H3,13,15,16)/b14-8-. The van der Waals surface area contributed by atoms with Gasteiger partial charge in [0.1, 0.15) is 6.61 Å². The lowest BCUT2D eigenvalue weighted by Gasteiger charge is -2.09. The van der Waals surface area contributed by atoms with Crippen molar-refractivity contribution in [3.05, 3.63) is 36.4 Å². The smallest absolute Gasteiger partial charge is 0.332 e. The zero-order valence-electron chi connectivity index (χ0n) is 10.1. The Bertz CT molecular complexity index is 458. The molecule has 6 heteroatoms. The van der Waals surface area contributed by atoms with Crippen LogP contribution in [0.3, 0.4) is 0 Å². The van der Waals surface area contributed by atoms with E-state index in [1.54, 1.807) is 31.4 Å². The van der Waals surface area contributed by atoms with E-state index in [9.17, 15) is 4.79 Å². The van der Waals surface area contributed by atoms with Crippen LogP contribution in [0.5, 0.6) is 11.5 Å². The monoisotopic (exact) mass is 249 g/mol. The number of hydrogen-bond donors (Lipinski definition) is 2. The molecule has 18 heavy (non-hydrogen) atoms. The first-order valence-electron chi connectivity index (χ1n) is 5.17. The number of rotatable bonds is 6. The number of hydrogen-bond acceptors (Lipinski definition) is 4. The Morgan fingerprint density at radius 2 is 2.33 bits per heavy atom. The minimum atomic E-state index is -0.718. The van der Waals surface area contributed by atoms with E-state index in [0.29, 0.717) is 18.1 Å². The van der Waals surface area contributed by atoms with E-state index in [2.05, 4.69) is 17.1 Å². The van der Waals surface area contributed by atoms with Gasteiger partial charge >= 0.3 is 6.03 Å². The van der Waals surface area contributed by atoms with Gasteiger partial charge in [0.05, 0.1) is 13.3 Å². The summed E-state index contributed by atoms with van der Waals surface area (Å²) in [6.45, 7) is 3.96. The van der Waals surface area contributed by atoms with Crippen molar-refractivity contribution in [1.29, 1.82) is 0 Å². The zero-order valence-corrected chi connectivity index (χ0v) is 10.1. The Hall–Kier alpha value is -2.50. The van der Waals surface area contributed by atoms with E-state index < -0.39 is 6.03 Å². The molecule has 0 atom stereocenters. The number of nitrogens with two attached hydrogens (primary N) is 1. The molecule has 0 aliphatic carbocycles. The lowest BCUT2D eigenvalue weighted by atomic mass is 10.2. The van der Waals surface area contributed by atoms with Crippen molar-refractivity contribution in [2.45, 2.75) is 0 Å². The molecule has 1 aromatic carbocycles. The summed E-state index contributed by atoms with van der Waals surface area (Å²) in [7, 11) is 1.54. The molecule has 2 amide bonds. The molecule has 0 radical (unpaired) electrons. The maximum Gasteiger partial charge on any atom is 0.332 e. The second-order valence-electron chi connectivity index (χ2n) is 3.24. The molecule has 1 rings (SSSR count). The highest BCUT2D eigenvalue weighted by Gasteiger charge is 2.04. The molecule has 0 aliphatic heterocycles. The van der Waals surface area contributed by atoms with Crippen molar-refractivity contribution in [2.75, 3.05) is 13.7 Å². The fourth-order valence-corrected chi connectivity index (χ4v) is 1.20. The molecule has 0 spiro atoms. The summed E-state index contributed by atoms with van der Waals surface area (Å²) in [4.78, 5) is 10.4. The van der Waals surface area contributed by atoms with Gasteiger partial charge in [-0.2, -0.15) is 5.10 Å². The molecule has 0 unspecified atom stereocenters. The van der Waals surface area contributed by atoms with Gasteiger partial charge in [0.2, 0.25) is 0 Å². The Morgan fingerprint density at radius 1 is 1.56 bits per heavy atom. The Balaban J connectivity index is 2.80. The molecule has 96 valence electrons. The van der Waals surface area contributed by atoms with Gasteiger partial charge in [-0.25, -0.2) is 10.2 Å². The highest BCUT2D eigenvalue weighted by Crippen LogP contribution is 2.27. The van der Waals surface area contributed by atoms with Gasteiger partial charge in [0.25, 0.3) is 0 Å². The fourth-order valence-electron chi connectivity index (χ4n) is 1.20. The first kappa shape index (κ1) is 13.6. The lowest BCUT2D eigenvalue weighted by Crippen LogP contribution is -2.24. The van der Waals surface area contributed by atoms with Crippen molar-refractivity contribution < 1.29 is 14.3 Å². The maximum absolute atomic E-state index is 10.4. The van der Waals surface area contributed by atoms with Gasteiger partial charge in [-0.15, -0.1) is 0 Å². The number of primary amides is 1. The Morgan fingerprint density at radius 3 is 2.94 bits per heavy atom. The summed E-state index contributed by atoms with van der Waals surface area (Å²) >= 11 is 0. The molecule has 0 saturated carbocycles. The Labute approximate surface area is 105 Å². The first-order chi connectivity index (χ1) is 8.67. The highest BCUT2D eigenvalue weighted by atomic mass is 16.5. The predicted octanol–water partition coefficient (Wildman–Crippen LogP) is 1.26. The van der Waals surface area contributed by atoms with Crippen LogP contribution < -0.4 is 20.6 Å². The van der Waals surface area contributed by atoms with Crippen LogP contribution in [0.25, 0.3) is 0 Å². The van der Waals surface area contributed by atoms with E-state index >= 15 is 0 Å². The largest absolute Gasteiger partial charge is 0.493 e. The number of hydrazone groups is 1. The van der Waals surface area contributed by atoms with Crippen molar-refractivity contribution in [3.63, 3.8) is 0 Å². The van der Waals surface area contributed by atoms with Gasteiger partial charge in [-0.05, 0) is 23.8 Å². The molecule has 1 aromatic rings. The quantitative estimate of drug-likeness (QED) is 0.452. The molecule has 0 saturated heterocycles. The van der Waals surface area contributed by atoms with Gasteiger partial charge in [0.15, 0.2) is 11.5 Å². The molecule has 0 heterocycles. The van der Waals surface area contributed by atoms with Gasteiger partial charge in [-0.1, -0.05) is 12.7 Å². The number of urea groups is 1. The number of benzene rings is 1. The summed E-state index contributed by atoms with van der Waals surface area (Å²) < 4.78 is 10.6. The summed E-state index contributed by atoms with van der Waals surface area (Å²) in [6, 6.07) is 4.52. The van der Waals surface area contributed by atoms with Gasteiger partial charge in [-0.3, -0.25) is 0 Å². The number of amides is 2. The summed E-state index contributed by atoms with van der Waals surface area (Å²) in [5, 5.41) is 3.65. The SMILES string of the molecule is C=CCOc1ccc(/C=N\NC(N)=O)cc1OC. The molecular weight excluding hydrogens is 234 g/mol. The van der Waals surface area contributed by atoms with Crippen molar-refractivity contribution in [2.24, 2.45) is 10.8 Å². The van der Waals surface area contributed by atoms with Crippen LogP contribution >= 0.6 is 0 Å². The topological polar surface area (TPSA) is 85.9 Å². The maximum atomic E-state index is 10.4. The van der Waals surface area contributed by atoms with E-state index in [-0.39, 0.29) is 0 Å². The average Bonchev–Trinajstić information content (AvgIpc) is 2.36. The second kappa shape index (κ2) is 6.95. The van der Waals surface area contributed by atoms with Crippen LogP contribution in [-0.2, 0) is 0 Å². The third-order valence-corrected chi connectivity index (χ3v) is 1.93. The number of carbonyl (C=O) groups is 1. The molecule has 3 N–H and O–H groups in total. The lowest BCUT2D eigenvalue weighted by molar-refractivity contribution is 0.249. The second-order valence-corrected chi connectivity index (χ2v) is 3.24. The fraction of sp³-hybridized carbons (Fsp3) is 0.167. The molecular formula is C12H15N3O3. The van der Waals surface area contributed by atoms with Crippen LogP contribution in [-0.4, -0.2) is 26.0 Å².